The molecule has 0 spiro atoms. The highest BCUT2D eigenvalue weighted by Crippen LogP contribution is 2.15. The van der Waals surface area contributed by atoms with Crippen LogP contribution in [0, 0.1) is 22.5 Å². The Morgan fingerprint density at radius 1 is 1.30 bits per heavy atom. The summed E-state index contributed by atoms with van der Waals surface area (Å²) in [5.41, 5.74) is 1.10. The Balaban J connectivity index is 1.89. The van der Waals surface area contributed by atoms with Crippen molar-refractivity contribution in [3.8, 4) is 12.3 Å². The van der Waals surface area contributed by atoms with Crippen LogP contribution in [-0.2, 0) is 4.79 Å². The molecule has 23 heavy (non-hydrogen) atoms. The van der Waals surface area contributed by atoms with E-state index in [1.165, 1.54) is 0 Å². The third-order valence-corrected chi connectivity index (χ3v) is 2.72. The maximum absolute atomic E-state index is 11.7. The van der Waals surface area contributed by atoms with E-state index < -0.39 is 22.6 Å². The van der Waals surface area contributed by atoms with Crippen molar-refractivity contribution in [2.45, 2.75) is 0 Å². The molecule has 0 saturated heterocycles. The minimum Gasteiger partial charge on any atom is -0.395 e. The molecule has 0 aliphatic heterocycles. The molecule has 1 aromatic heterocycles. The van der Waals surface area contributed by atoms with Gasteiger partial charge in [0, 0.05) is 11.3 Å². The Hall–Kier alpha value is -3.60. The van der Waals surface area contributed by atoms with Crippen LogP contribution < -0.4 is 10.6 Å². The molecule has 0 fully saturated rings. The molecule has 0 bridgehead atoms. The summed E-state index contributed by atoms with van der Waals surface area (Å²) in [7, 11) is 0. The van der Waals surface area contributed by atoms with Gasteiger partial charge in [0.1, 0.15) is 4.92 Å². The Labute approximate surface area is 130 Å². The minimum atomic E-state index is -0.762. The van der Waals surface area contributed by atoms with Crippen LogP contribution in [0.4, 0.5) is 11.6 Å². The zero-order valence-corrected chi connectivity index (χ0v) is 11.7. The highest BCUT2D eigenvalue weighted by Gasteiger charge is 2.17. The second kappa shape index (κ2) is 6.91. The first-order valence-electron chi connectivity index (χ1n) is 6.38. The SMILES string of the molecule is C#Cc1cccc(NC(=O)CNC(=O)c2ccc([N+](=O)[O-])o2)c1. The molecule has 0 aliphatic carbocycles. The molecule has 2 N–H and O–H groups in total. The lowest BCUT2D eigenvalue weighted by Crippen LogP contribution is -2.32. The van der Waals surface area contributed by atoms with Crippen molar-refractivity contribution < 1.29 is 18.9 Å². The van der Waals surface area contributed by atoms with E-state index in [1.54, 1.807) is 24.3 Å². The average molecular weight is 313 g/mol. The van der Waals surface area contributed by atoms with Gasteiger partial charge < -0.3 is 15.1 Å². The van der Waals surface area contributed by atoms with Gasteiger partial charge in [-0.25, -0.2) is 0 Å². The summed E-state index contributed by atoms with van der Waals surface area (Å²) in [6.45, 7) is -0.326. The Morgan fingerprint density at radius 3 is 2.74 bits per heavy atom. The Bertz CT molecular complexity index is 803. The highest BCUT2D eigenvalue weighted by molar-refractivity contribution is 5.98. The Kier molecular flexibility index (Phi) is 4.74. The first-order chi connectivity index (χ1) is 11.0. The minimum absolute atomic E-state index is 0.251. The van der Waals surface area contributed by atoms with E-state index in [2.05, 4.69) is 16.6 Å². The predicted octanol–water partition coefficient (Wildman–Crippen LogP) is 1.54. The van der Waals surface area contributed by atoms with Gasteiger partial charge in [-0.15, -0.1) is 6.42 Å². The number of terminal acetylenes is 1. The molecule has 0 radical (unpaired) electrons. The number of amides is 2. The van der Waals surface area contributed by atoms with Gasteiger partial charge in [-0.2, -0.15) is 0 Å². The standard InChI is InChI=1S/C15H11N3O5/c1-2-10-4-3-5-11(8-10)17-13(19)9-16-15(20)12-6-7-14(23-12)18(21)22/h1,3-8H,9H2,(H,16,20)(H,17,19). The fourth-order valence-electron chi connectivity index (χ4n) is 1.69. The van der Waals surface area contributed by atoms with Crippen LogP contribution in [0.3, 0.4) is 0 Å². The van der Waals surface area contributed by atoms with Gasteiger partial charge in [-0.3, -0.25) is 19.7 Å². The molecule has 2 amide bonds. The zero-order chi connectivity index (χ0) is 16.8. The van der Waals surface area contributed by atoms with Gasteiger partial charge in [-0.1, -0.05) is 12.0 Å². The number of carbonyl (C=O) groups excluding carboxylic acids is 2. The summed E-state index contributed by atoms with van der Waals surface area (Å²) in [5.74, 6) is 0.425. The Morgan fingerprint density at radius 2 is 2.09 bits per heavy atom. The monoisotopic (exact) mass is 313 g/mol. The number of benzene rings is 1. The summed E-state index contributed by atoms with van der Waals surface area (Å²) < 4.78 is 4.72. The number of rotatable bonds is 5. The second-order valence-electron chi connectivity index (χ2n) is 4.35. The van der Waals surface area contributed by atoms with Crippen LogP contribution in [0.5, 0.6) is 0 Å². The van der Waals surface area contributed by atoms with Crippen molar-refractivity contribution in [1.29, 1.82) is 0 Å². The molecule has 8 nitrogen and oxygen atoms in total. The number of furan rings is 1. The van der Waals surface area contributed by atoms with Crippen LogP contribution in [-0.4, -0.2) is 23.3 Å². The van der Waals surface area contributed by atoms with Crippen molar-refractivity contribution in [3.05, 3.63) is 57.8 Å². The summed E-state index contributed by atoms with van der Waals surface area (Å²) >= 11 is 0. The van der Waals surface area contributed by atoms with Crippen molar-refractivity contribution in [2.24, 2.45) is 0 Å². The zero-order valence-electron chi connectivity index (χ0n) is 11.7. The van der Waals surface area contributed by atoms with Crippen molar-refractivity contribution in [2.75, 3.05) is 11.9 Å². The summed E-state index contributed by atoms with van der Waals surface area (Å²) in [4.78, 5) is 33.1. The summed E-state index contributed by atoms with van der Waals surface area (Å²) in [6, 6.07) is 8.86. The molecule has 2 aromatic rings. The highest BCUT2D eigenvalue weighted by atomic mass is 16.6. The smallest absolute Gasteiger partial charge is 0.395 e. The fraction of sp³-hybridized carbons (Fsp3) is 0.0667. The maximum atomic E-state index is 11.7. The van der Waals surface area contributed by atoms with Gasteiger partial charge in [0.25, 0.3) is 5.91 Å². The molecule has 0 unspecified atom stereocenters. The molecule has 0 atom stereocenters. The van der Waals surface area contributed by atoms with Crippen LogP contribution >= 0.6 is 0 Å². The van der Waals surface area contributed by atoms with E-state index in [0.717, 1.165) is 12.1 Å². The lowest BCUT2D eigenvalue weighted by Gasteiger charge is -2.06. The quantitative estimate of drug-likeness (QED) is 0.493. The molecular formula is C15H11N3O5. The van der Waals surface area contributed by atoms with Crippen LogP contribution in [0.2, 0.25) is 0 Å². The van der Waals surface area contributed by atoms with Crippen molar-refractivity contribution in [3.63, 3.8) is 0 Å². The number of anilines is 1. The first-order valence-corrected chi connectivity index (χ1v) is 6.38. The average Bonchev–Trinajstić information content (AvgIpc) is 3.03. The molecule has 0 aliphatic rings. The molecule has 1 heterocycles. The van der Waals surface area contributed by atoms with E-state index in [9.17, 15) is 19.7 Å². The number of hydrogen-bond acceptors (Lipinski definition) is 5. The number of nitrogens with zero attached hydrogens (tertiary/aromatic N) is 1. The molecule has 0 saturated carbocycles. The number of hydrogen-bond donors (Lipinski definition) is 2. The molecule has 8 heteroatoms. The summed E-state index contributed by atoms with van der Waals surface area (Å²) in [5, 5.41) is 15.3. The number of nitrogens with one attached hydrogen (secondary N) is 2. The first kappa shape index (κ1) is 15.8. The fourth-order valence-corrected chi connectivity index (χ4v) is 1.69. The molecule has 116 valence electrons. The van der Waals surface area contributed by atoms with Crippen LogP contribution in [0.25, 0.3) is 0 Å². The van der Waals surface area contributed by atoms with E-state index >= 15 is 0 Å². The predicted molar refractivity (Wildman–Crippen MR) is 80.7 cm³/mol. The topological polar surface area (TPSA) is 114 Å². The van der Waals surface area contributed by atoms with Gasteiger partial charge >= 0.3 is 5.88 Å². The molecule has 1 aromatic carbocycles. The van der Waals surface area contributed by atoms with Crippen LogP contribution in [0.15, 0.2) is 40.8 Å². The lowest BCUT2D eigenvalue weighted by atomic mass is 10.2. The molecule has 2 rings (SSSR count). The third-order valence-electron chi connectivity index (χ3n) is 2.72. The second-order valence-corrected chi connectivity index (χ2v) is 4.35. The van der Waals surface area contributed by atoms with Crippen molar-refractivity contribution in [1.82, 2.24) is 5.32 Å². The molecular weight excluding hydrogens is 302 g/mol. The normalized spacial score (nSPS) is 9.70. The summed E-state index contributed by atoms with van der Waals surface area (Å²) in [6.07, 6.45) is 5.26. The number of nitro groups is 1. The van der Waals surface area contributed by atoms with Gasteiger partial charge in [0.2, 0.25) is 5.91 Å². The van der Waals surface area contributed by atoms with E-state index in [1.807, 2.05) is 0 Å². The van der Waals surface area contributed by atoms with Gasteiger partial charge in [-0.05, 0) is 24.3 Å². The van der Waals surface area contributed by atoms with Gasteiger partial charge in [0.15, 0.2) is 5.76 Å². The maximum Gasteiger partial charge on any atom is 0.433 e. The van der Waals surface area contributed by atoms with E-state index in [-0.39, 0.29) is 12.3 Å². The van der Waals surface area contributed by atoms with Crippen molar-refractivity contribution >= 4 is 23.4 Å². The van der Waals surface area contributed by atoms with Gasteiger partial charge in [0.05, 0.1) is 12.6 Å². The lowest BCUT2D eigenvalue weighted by molar-refractivity contribution is -0.402. The van der Waals surface area contributed by atoms with Crippen LogP contribution in [0.1, 0.15) is 16.1 Å². The van der Waals surface area contributed by atoms with E-state index in [0.29, 0.717) is 11.3 Å². The third kappa shape index (κ3) is 4.18. The number of carbonyl (C=O) groups is 2. The largest absolute Gasteiger partial charge is 0.433 e. The van der Waals surface area contributed by atoms with E-state index in [4.69, 9.17) is 10.8 Å².